The van der Waals surface area contributed by atoms with Crippen molar-refractivity contribution in [2.24, 2.45) is 0 Å². The van der Waals surface area contributed by atoms with Crippen molar-refractivity contribution in [1.82, 2.24) is 5.32 Å². The standard InChI is InChI=1S/C13H17Br2NO/c14-10-3-6-13(12(15)9-10)17-8-2-1-7-16-11-4-5-11/h3,6,9,11,16H,1-2,4-5,7-8H2. The minimum absolute atomic E-state index is 0.784. The molecule has 1 aliphatic rings. The van der Waals surface area contributed by atoms with Crippen LogP contribution >= 0.6 is 31.9 Å². The van der Waals surface area contributed by atoms with E-state index in [4.69, 9.17) is 4.74 Å². The average molecular weight is 363 g/mol. The number of ether oxygens (including phenoxy) is 1. The van der Waals surface area contributed by atoms with E-state index in [-0.39, 0.29) is 0 Å². The van der Waals surface area contributed by atoms with Gasteiger partial charge < -0.3 is 10.1 Å². The summed E-state index contributed by atoms with van der Waals surface area (Å²) in [6, 6.07) is 6.80. The minimum atomic E-state index is 0.784. The van der Waals surface area contributed by atoms with Gasteiger partial charge in [0.15, 0.2) is 0 Å². The number of unbranched alkanes of at least 4 members (excludes halogenated alkanes) is 1. The Labute approximate surface area is 119 Å². The highest BCUT2D eigenvalue weighted by Crippen LogP contribution is 2.28. The first kappa shape index (κ1) is 13.4. The van der Waals surface area contributed by atoms with Gasteiger partial charge in [-0.2, -0.15) is 0 Å². The average Bonchev–Trinajstić information content (AvgIpc) is 3.09. The van der Waals surface area contributed by atoms with Gasteiger partial charge in [-0.05, 0) is 66.4 Å². The first-order valence-electron chi connectivity index (χ1n) is 6.07. The maximum atomic E-state index is 5.72. The van der Waals surface area contributed by atoms with Gasteiger partial charge in [0, 0.05) is 10.5 Å². The quantitative estimate of drug-likeness (QED) is 0.736. The fourth-order valence-electron chi connectivity index (χ4n) is 1.60. The molecule has 0 aromatic heterocycles. The van der Waals surface area contributed by atoms with E-state index < -0.39 is 0 Å². The smallest absolute Gasteiger partial charge is 0.133 e. The van der Waals surface area contributed by atoms with Crippen molar-refractivity contribution < 1.29 is 4.74 Å². The van der Waals surface area contributed by atoms with Crippen LogP contribution in [-0.4, -0.2) is 19.2 Å². The zero-order chi connectivity index (χ0) is 12.1. The molecule has 1 aliphatic carbocycles. The van der Waals surface area contributed by atoms with Crippen molar-refractivity contribution in [2.45, 2.75) is 31.7 Å². The van der Waals surface area contributed by atoms with Gasteiger partial charge in [0.05, 0.1) is 11.1 Å². The van der Waals surface area contributed by atoms with Crippen LogP contribution in [-0.2, 0) is 0 Å². The molecule has 0 saturated heterocycles. The van der Waals surface area contributed by atoms with Gasteiger partial charge in [-0.15, -0.1) is 0 Å². The Morgan fingerprint density at radius 2 is 2.06 bits per heavy atom. The molecule has 0 amide bonds. The lowest BCUT2D eigenvalue weighted by Crippen LogP contribution is -2.17. The van der Waals surface area contributed by atoms with E-state index in [0.29, 0.717) is 0 Å². The Hall–Kier alpha value is -0.0600. The molecule has 0 bridgehead atoms. The minimum Gasteiger partial charge on any atom is -0.492 e. The predicted molar refractivity (Wildman–Crippen MR) is 77.6 cm³/mol. The summed E-state index contributed by atoms with van der Waals surface area (Å²) in [6.45, 7) is 1.90. The highest BCUT2D eigenvalue weighted by atomic mass is 79.9. The molecule has 1 fully saturated rings. The number of rotatable bonds is 7. The van der Waals surface area contributed by atoms with E-state index in [1.807, 2.05) is 18.2 Å². The third-order valence-corrected chi connectivity index (χ3v) is 3.85. The van der Waals surface area contributed by atoms with Crippen LogP contribution in [0.3, 0.4) is 0 Å². The molecule has 1 N–H and O–H groups in total. The number of hydrogen-bond acceptors (Lipinski definition) is 2. The van der Waals surface area contributed by atoms with Crippen LogP contribution in [0.2, 0.25) is 0 Å². The molecule has 1 aromatic carbocycles. The van der Waals surface area contributed by atoms with Crippen molar-refractivity contribution in [1.29, 1.82) is 0 Å². The third-order valence-electron chi connectivity index (χ3n) is 2.73. The summed E-state index contributed by atoms with van der Waals surface area (Å²) in [5.74, 6) is 0.920. The van der Waals surface area contributed by atoms with Crippen LogP contribution < -0.4 is 10.1 Å². The van der Waals surface area contributed by atoms with E-state index in [1.165, 1.54) is 19.3 Å². The SMILES string of the molecule is Brc1ccc(OCCCCNC2CC2)c(Br)c1. The van der Waals surface area contributed by atoms with Gasteiger partial charge in [-0.1, -0.05) is 15.9 Å². The molecule has 4 heteroatoms. The summed E-state index contributed by atoms with van der Waals surface area (Å²) in [5.41, 5.74) is 0. The van der Waals surface area contributed by atoms with Gasteiger partial charge in [0.1, 0.15) is 5.75 Å². The first-order valence-corrected chi connectivity index (χ1v) is 7.65. The molecule has 1 aromatic rings. The molecule has 2 rings (SSSR count). The Bertz CT molecular complexity index is 366. The van der Waals surface area contributed by atoms with Crippen LogP contribution in [0.5, 0.6) is 5.75 Å². The van der Waals surface area contributed by atoms with E-state index in [2.05, 4.69) is 37.2 Å². The highest BCUT2D eigenvalue weighted by molar-refractivity contribution is 9.11. The highest BCUT2D eigenvalue weighted by Gasteiger charge is 2.19. The summed E-state index contributed by atoms with van der Waals surface area (Å²) in [7, 11) is 0. The van der Waals surface area contributed by atoms with E-state index in [9.17, 15) is 0 Å². The van der Waals surface area contributed by atoms with E-state index in [1.54, 1.807) is 0 Å². The number of nitrogens with one attached hydrogen (secondary N) is 1. The summed E-state index contributed by atoms with van der Waals surface area (Å²) in [6.07, 6.45) is 5.01. The predicted octanol–water partition coefficient (Wildman–Crippen LogP) is 4.12. The van der Waals surface area contributed by atoms with Crippen molar-refractivity contribution in [2.75, 3.05) is 13.2 Å². The number of hydrogen-bond donors (Lipinski definition) is 1. The molecular formula is C13H17Br2NO. The lowest BCUT2D eigenvalue weighted by atomic mass is 10.3. The second kappa shape index (κ2) is 6.76. The first-order chi connectivity index (χ1) is 8.25. The molecule has 0 radical (unpaired) electrons. The molecular weight excluding hydrogens is 346 g/mol. The molecule has 0 spiro atoms. The van der Waals surface area contributed by atoms with Crippen molar-refractivity contribution in [3.8, 4) is 5.75 Å². The van der Waals surface area contributed by atoms with Crippen LogP contribution in [0.4, 0.5) is 0 Å². The molecule has 1 saturated carbocycles. The zero-order valence-corrected chi connectivity index (χ0v) is 12.9. The van der Waals surface area contributed by atoms with Crippen molar-refractivity contribution in [3.63, 3.8) is 0 Å². The third kappa shape index (κ3) is 4.98. The normalized spacial score (nSPS) is 14.9. The lowest BCUT2D eigenvalue weighted by Gasteiger charge is -2.08. The maximum absolute atomic E-state index is 5.72. The fraction of sp³-hybridized carbons (Fsp3) is 0.538. The van der Waals surface area contributed by atoms with Crippen molar-refractivity contribution in [3.05, 3.63) is 27.1 Å². The van der Waals surface area contributed by atoms with Crippen LogP contribution in [0.25, 0.3) is 0 Å². The summed E-state index contributed by atoms with van der Waals surface area (Å²) >= 11 is 6.91. The number of halogens is 2. The Morgan fingerprint density at radius 3 is 2.76 bits per heavy atom. The molecule has 0 heterocycles. The van der Waals surface area contributed by atoms with Gasteiger partial charge in [0.2, 0.25) is 0 Å². The molecule has 94 valence electrons. The second-order valence-corrected chi connectivity index (χ2v) is 6.13. The van der Waals surface area contributed by atoms with Gasteiger partial charge >= 0.3 is 0 Å². The Morgan fingerprint density at radius 1 is 1.24 bits per heavy atom. The number of benzene rings is 1. The van der Waals surface area contributed by atoms with Crippen molar-refractivity contribution >= 4 is 31.9 Å². The molecule has 2 nitrogen and oxygen atoms in total. The summed E-state index contributed by atoms with van der Waals surface area (Å²) < 4.78 is 7.78. The molecule has 0 atom stereocenters. The molecule has 17 heavy (non-hydrogen) atoms. The topological polar surface area (TPSA) is 21.3 Å². The van der Waals surface area contributed by atoms with E-state index >= 15 is 0 Å². The second-order valence-electron chi connectivity index (χ2n) is 4.36. The summed E-state index contributed by atoms with van der Waals surface area (Å²) in [5, 5.41) is 3.50. The largest absolute Gasteiger partial charge is 0.492 e. The fourth-order valence-corrected chi connectivity index (χ4v) is 2.76. The lowest BCUT2D eigenvalue weighted by molar-refractivity contribution is 0.304. The monoisotopic (exact) mass is 361 g/mol. The van der Waals surface area contributed by atoms with Gasteiger partial charge in [-0.3, -0.25) is 0 Å². The Balaban J connectivity index is 1.60. The molecule has 0 aliphatic heterocycles. The van der Waals surface area contributed by atoms with Gasteiger partial charge in [0.25, 0.3) is 0 Å². The van der Waals surface area contributed by atoms with Crippen LogP contribution in [0, 0.1) is 0 Å². The maximum Gasteiger partial charge on any atom is 0.133 e. The van der Waals surface area contributed by atoms with Gasteiger partial charge in [-0.25, -0.2) is 0 Å². The van der Waals surface area contributed by atoms with Crippen LogP contribution in [0.15, 0.2) is 27.1 Å². The van der Waals surface area contributed by atoms with E-state index in [0.717, 1.165) is 40.3 Å². The molecule has 0 unspecified atom stereocenters. The Kier molecular flexibility index (Phi) is 5.32. The van der Waals surface area contributed by atoms with Crippen LogP contribution in [0.1, 0.15) is 25.7 Å². The summed E-state index contributed by atoms with van der Waals surface area (Å²) in [4.78, 5) is 0. The zero-order valence-electron chi connectivity index (χ0n) is 9.72.